The Balaban J connectivity index is 2.28. The Morgan fingerprint density at radius 1 is 1.75 bits per heavy atom. The molecular weight excluding hydrogens is 233 g/mol. The largest absolute Gasteiger partial charge is 0.394 e. The van der Waals surface area contributed by atoms with Gasteiger partial charge in [0.2, 0.25) is 4.77 Å². The van der Waals surface area contributed by atoms with Crippen LogP contribution in [0.5, 0.6) is 0 Å². The zero-order chi connectivity index (χ0) is 11.7. The van der Waals surface area contributed by atoms with Gasteiger partial charge in [-0.3, -0.25) is 4.57 Å². The highest BCUT2D eigenvalue weighted by Crippen LogP contribution is 2.31. The number of aromatic nitrogens is 2. The molecule has 1 aliphatic heterocycles. The molecule has 88 valence electrons. The van der Waals surface area contributed by atoms with Gasteiger partial charge in [-0.05, 0) is 18.3 Å². The lowest BCUT2D eigenvalue weighted by Crippen LogP contribution is -2.18. The molecule has 3 N–H and O–H groups in total. The predicted molar refractivity (Wildman–Crippen MR) is 58.0 cm³/mol. The van der Waals surface area contributed by atoms with E-state index < -0.39 is 18.5 Å². The number of anilines is 1. The second kappa shape index (κ2) is 4.44. The predicted octanol–water partition coefficient (Wildman–Crippen LogP) is 0.813. The summed E-state index contributed by atoms with van der Waals surface area (Å²) in [6.45, 7) is -0.202. The highest BCUT2D eigenvalue weighted by Gasteiger charge is 2.36. The quantitative estimate of drug-likeness (QED) is 0.754. The van der Waals surface area contributed by atoms with E-state index in [0.29, 0.717) is 0 Å². The van der Waals surface area contributed by atoms with Gasteiger partial charge in [0.25, 0.3) is 0 Å². The number of nitrogens with two attached hydrogens (primary N) is 1. The van der Waals surface area contributed by atoms with E-state index in [1.54, 1.807) is 6.20 Å². The summed E-state index contributed by atoms with van der Waals surface area (Å²) in [4.78, 5) is 3.85. The van der Waals surface area contributed by atoms with Gasteiger partial charge >= 0.3 is 0 Å². The van der Waals surface area contributed by atoms with E-state index in [4.69, 9.17) is 27.8 Å². The lowest BCUT2D eigenvalue weighted by atomic mass is 10.2. The van der Waals surface area contributed by atoms with E-state index in [-0.39, 0.29) is 23.6 Å². The smallest absolute Gasteiger partial charge is 0.203 e. The summed E-state index contributed by atoms with van der Waals surface area (Å²) in [6, 6.07) is 1.53. The average Bonchev–Trinajstić information content (AvgIpc) is 2.60. The number of rotatable bonds is 2. The van der Waals surface area contributed by atoms with Crippen LogP contribution in [-0.2, 0) is 4.74 Å². The molecule has 0 aromatic carbocycles. The Morgan fingerprint density at radius 2 is 2.50 bits per heavy atom. The molecule has 3 unspecified atom stereocenters. The van der Waals surface area contributed by atoms with Crippen molar-refractivity contribution in [2.45, 2.75) is 24.9 Å². The van der Waals surface area contributed by atoms with E-state index in [1.165, 1.54) is 10.6 Å². The number of hydrogen-bond donors (Lipinski definition) is 2. The van der Waals surface area contributed by atoms with Crippen molar-refractivity contribution >= 4 is 18.0 Å². The number of aliphatic hydroxyl groups is 1. The maximum atomic E-state index is 13.6. The number of aliphatic hydroxyl groups excluding tert-OH is 1. The molecule has 0 amide bonds. The molecule has 2 heterocycles. The summed E-state index contributed by atoms with van der Waals surface area (Å²) in [6.07, 6.45) is -0.805. The van der Waals surface area contributed by atoms with Crippen LogP contribution in [0.2, 0.25) is 0 Å². The number of nitrogen functional groups attached to an aromatic ring is 1. The van der Waals surface area contributed by atoms with Crippen molar-refractivity contribution in [3.63, 3.8) is 0 Å². The minimum absolute atomic E-state index is 0.160. The summed E-state index contributed by atoms with van der Waals surface area (Å²) in [7, 11) is 0. The van der Waals surface area contributed by atoms with Crippen LogP contribution in [0.4, 0.5) is 10.2 Å². The van der Waals surface area contributed by atoms with Gasteiger partial charge in [-0.15, -0.1) is 0 Å². The first-order valence-electron chi connectivity index (χ1n) is 4.87. The van der Waals surface area contributed by atoms with Crippen LogP contribution in [0, 0.1) is 4.77 Å². The number of nitrogens with zero attached hydrogens (tertiary/aromatic N) is 2. The third-order valence-electron chi connectivity index (χ3n) is 2.46. The number of hydrogen-bond acceptors (Lipinski definition) is 5. The topological polar surface area (TPSA) is 73.3 Å². The van der Waals surface area contributed by atoms with Crippen LogP contribution in [0.25, 0.3) is 0 Å². The van der Waals surface area contributed by atoms with Gasteiger partial charge in [-0.25, -0.2) is 9.37 Å². The van der Waals surface area contributed by atoms with Crippen molar-refractivity contribution in [3.05, 3.63) is 17.0 Å². The van der Waals surface area contributed by atoms with Crippen molar-refractivity contribution in [1.29, 1.82) is 0 Å². The van der Waals surface area contributed by atoms with Crippen LogP contribution >= 0.6 is 12.2 Å². The van der Waals surface area contributed by atoms with Crippen LogP contribution in [-0.4, -0.2) is 33.5 Å². The minimum Gasteiger partial charge on any atom is -0.394 e. The number of ether oxygens (including phenoxy) is 1. The Labute approximate surface area is 96.7 Å². The van der Waals surface area contributed by atoms with Gasteiger partial charge in [-0.2, -0.15) is 0 Å². The molecule has 1 saturated heterocycles. The second-order valence-electron chi connectivity index (χ2n) is 3.63. The monoisotopic (exact) mass is 245 g/mol. The Bertz CT molecular complexity index is 439. The first-order chi connectivity index (χ1) is 7.61. The fourth-order valence-electron chi connectivity index (χ4n) is 1.68. The van der Waals surface area contributed by atoms with E-state index in [2.05, 4.69) is 4.98 Å². The standard InChI is InChI=1S/C9H12FN3O2S/c10-6-3-5(4-14)15-8(6)13-2-1-7(11)12-9(13)16/h1-2,5-6,8,14H,3-4H2,(H2,11,12,16). The molecule has 0 bridgehead atoms. The minimum atomic E-state index is -1.20. The first-order valence-corrected chi connectivity index (χ1v) is 5.27. The van der Waals surface area contributed by atoms with Crippen LogP contribution in [0.3, 0.4) is 0 Å². The van der Waals surface area contributed by atoms with Gasteiger partial charge in [0.15, 0.2) is 6.23 Å². The molecular formula is C9H12FN3O2S. The molecule has 1 aliphatic rings. The molecule has 16 heavy (non-hydrogen) atoms. The maximum absolute atomic E-state index is 13.6. The van der Waals surface area contributed by atoms with Gasteiger partial charge in [0, 0.05) is 12.6 Å². The van der Waals surface area contributed by atoms with Gasteiger partial charge in [-0.1, -0.05) is 0 Å². The number of halogens is 1. The summed E-state index contributed by atoms with van der Waals surface area (Å²) in [5.41, 5.74) is 5.45. The molecule has 2 rings (SSSR count). The van der Waals surface area contributed by atoms with Crippen molar-refractivity contribution in [2.24, 2.45) is 0 Å². The highest BCUT2D eigenvalue weighted by atomic mass is 32.1. The average molecular weight is 245 g/mol. The molecule has 0 saturated carbocycles. The van der Waals surface area contributed by atoms with E-state index >= 15 is 0 Å². The zero-order valence-corrected chi connectivity index (χ0v) is 9.23. The van der Waals surface area contributed by atoms with E-state index in [9.17, 15) is 4.39 Å². The molecule has 1 aromatic heterocycles. The van der Waals surface area contributed by atoms with Gasteiger partial charge in [0.1, 0.15) is 12.0 Å². The van der Waals surface area contributed by atoms with Crippen molar-refractivity contribution in [3.8, 4) is 0 Å². The summed E-state index contributed by atoms with van der Waals surface area (Å²) < 4.78 is 20.5. The highest BCUT2D eigenvalue weighted by molar-refractivity contribution is 7.71. The third-order valence-corrected chi connectivity index (χ3v) is 2.76. The van der Waals surface area contributed by atoms with Crippen LogP contribution in [0.15, 0.2) is 12.3 Å². The molecule has 0 aliphatic carbocycles. The summed E-state index contributed by atoms with van der Waals surface area (Å²) in [5, 5.41) is 8.90. The Morgan fingerprint density at radius 3 is 3.06 bits per heavy atom. The molecule has 0 radical (unpaired) electrons. The fourth-order valence-corrected chi connectivity index (χ4v) is 1.95. The van der Waals surface area contributed by atoms with Crippen molar-refractivity contribution in [2.75, 3.05) is 12.3 Å². The van der Waals surface area contributed by atoms with Gasteiger partial charge < -0.3 is 15.6 Å². The van der Waals surface area contributed by atoms with Crippen LogP contribution < -0.4 is 5.73 Å². The van der Waals surface area contributed by atoms with E-state index in [1.807, 2.05) is 0 Å². The second-order valence-corrected chi connectivity index (χ2v) is 3.99. The molecule has 1 fully saturated rings. The van der Waals surface area contributed by atoms with Crippen molar-refractivity contribution in [1.82, 2.24) is 9.55 Å². The van der Waals surface area contributed by atoms with Crippen LogP contribution in [0.1, 0.15) is 12.6 Å². The third kappa shape index (κ3) is 2.06. The van der Waals surface area contributed by atoms with Gasteiger partial charge in [0.05, 0.1) is 12.7 Å². The SMILES string of the molecule is Nc1ccn(C2OC(CO)CC2F)c(=S)n1. The zero-order valence-electron chi connectivity index (χ0n) is 8.41. The Hall–Kier alpha value is -1.05. The molecule has 5 nitrogen and oxygen atoms in total. The van der Waals surface area contributed by atoms with Crippen molar-refractivity contribution < 1.29 is 14.2 Å². The molecule has 1 aromatic rings. The summed E-state index contributed by atoms with van der Waals surface area (Å²) in [5.74, 6) is 0.286. The lowest BCUT2D eigenvalue weighted by Gasteiger charge is -2.16. The molecule has 3 atom stereocenters. The molecule has 0 spiro atoms. The molecule has 7 heteroatoms. The Kier molecular flexibility index (Phi) is 3.17. The summed E-state index contributed by atoms with van der Waals surface area (Å²) >= 11 is 4.97. The number of alkyl halides is 1. The lowest BCUT2D eigenvalue weighted by molar-refractivity contribution is -0.0383. The van der Waals surface area contributed by atoms with E-state index in [0.717, 1.165) is 0 Å². The normalized spacial score (nSPS) is 29.5. The maximum Gasteiger partial charge on any atom is 0.203 e. The fraction of sp³-hybridized carbons (Fsp3) is 0.556. The first kappa shape index (κ1) is 11.4.